The van der Waals surface area contributed by atoms with Crippen LogP contribution in [0.25, 0.3) is 0 Å². The van der Waals surface area contributed by atoms with Crippen molar-refractivity contribution in [3.05, 3.63) is 42.2 Å². The first kappa shape index (κ1) is 8.19. The van der Waals surface area contributed by atoms with Gasteiger partial charge in [-0.25, -0.2) is 0 Å². The molecule has 2 aromatic rings. The molecule has 1 aromatic carbocycles. The van der Waals surface area contributed by atoms with Crippen LogP contribution in [0.2, 0.25) is 0 Å². The molecule has 0 amide bonds. The normalized spacial score (nSPS) is 10.2. The van der Waals surface area contributed by atoms with Crippen LogP contribution >= 0.6 is 0 Å². The molecule has 0 aliphatic heterocycles. The van der Waals surface area contributed by atoms with Gasteiger partial charge < -0.3 is 17.2 Å². The number of hydrogen-bond acceptors (Lipinski definition) is 3. The number of nitrogens with zero attached hydrogens (tertiary/aromatic N) is 3. The van der Waals surface area contributed by atoms with E-state index in [9.17, 15) is 0 Å². The molecular weight excluding hydrogens is 182 g/mol. The highest BCUT2D eigenvalue weighted by Gasteiger charge is 1.93. The lowest BCUT2D eigenvalue weighted by Gasteiger charge is -2.08. The third kappa shape index (κ3) is 1.84. The molecule has 0 saturated carbocycles. The van der Waals surface area contributed by atoms with Crippen molar-refractivity contribution in [3.63, 3.8) is 0 Å². The smallest absolute Gasteiger partial charge is 0.118 e. The Morgan fingerprint density at radius 2 is 2.00 bits per heavy atom. The molecule has 0 atom stereocenters. The fourth-order valence-corrected chi connectivity index (χ4v) is 1.29. The van der Waals surface area contributed by atoms with E-state index in [2.05, 4.69) is 22.3 Å². The van der Waals surface area contributed by atoms with Crippen molar-refractivity contribution in [1.29, 1.82) is 0 Å². The zero-order valence-electron chi connectivity index (χ0n) is 6.92. The summed E-state index contributed by atoms with van der Waals surface area (Å²) in [6, 6.07) is 10.1. The molecule has 0 N–H and O–H groups in total. The van der Waals surface area contributed by atoms with E-state index < -0.39 is 0 Å². The van der Waals surface area contributed by atoms with Gasteiger partial charge in [-0.2, -0.15) is 5.10 Å². The largest absolute Gasteiger partial charge is 0.740 e. The second kappa shape index (κ2) is 3.53. The summed E-state index contributed by atoms with van der Waals surface area (Å²) in [4.78, 5) is 0. The molecule has 0 fully saturated rings. The van der Waals surface area contributed by atoms with Crippen LogP contribution in [0.4, 0.5) is 0 Å². The van der Waals surface area contributed by atoms with Crippen LogP contribution in [0.15, 0.2) is 41.8 Å². The molecule has 66 valence electrons. The van der Waals surface area contributed by atoms with E-state index in [1.54, 1.807) is 6.33 Å². The topological polar surface area (TPSA) is 30.7 Å². The standard InChI is InChI=1S/C9H9N3S/c13-9-11-10-7-12(9)6-8-4-2-1-3-5-8/h1-5,7H,6H2,(H,11,13)/p-1. The Morgan fingerprint density at radius 3 is 2.62 bits per heavy atom. The zero-order chi connectivity index (χ0) is 9.10. The van der Waals surface area contributed by atoms with Crippen molar-refractivity contribution in [2.24, 2.45) is 0 Å². The molecule has 3 nitrogen and oxygen atoms in total. The highest BCUT2D eigenvalue weighted by atomic mass is 32.1. The molecule has 1 heterocycles. The molecule has 0 aliphatic carbocycles. The number of rotatable bonds is 2. The molecule has 4 heteroatoms. The van der Waals surface area contributed by atoms with E-state index in [0.29, 0.717) is 5.16 Å². The number of aromatic nitrogens is 3. The first-order valence-corrected chi connectivity index (χ1v) is 4.36. The molecular formula is C9H8N3S-. The van der Waals surface area contributed by atoms with Gasteiger partial charge in [-0.3, -0.25) is 0 Å². The fourth-order valence-electron chi connectivity index (χ4n) is 1.13. The van der Waals surface area contributed by atoms with Crippen LogP contribution < -0.4 is 0 Å². The molecule has 0 bridgehead atoms. The first-order chi connectivity index (χ1) is 6.36. The molecule has 1 aromatic heterocycles. The van der Waals surface area contributed by atoms with Crippen LogP contribution in [0.1, 0.15) is 5.56 Å². The van der Waals surface area contributed by atoms with Gasteiger partial charge in [0.1, 0.15) is 6.33 Å². The van der Waals surface area contributed by atoms with Crippen molar-refractivity contribution >= 4 is 12.6 Å². The predicted molar refractivity (Wildman–Crippen MR) is 51.2 cm³/mol. The van der Waals surface area contributed by atoms with Crippen LogP contribution in [-0.4, -0.2) is 14.8 Å². The minimum atomic E-state index is 0.531. The Balaban J connectivity index is 2.20. The maximum atomic E-state index is 4.97. The third-order valence-electron chi connectivity index (χ3n) is 1.78. The molecule has 0 saturated heterocycles. The van der Waals surface area contributed by atoms with E-state index in [1.165, 1.54) is 5.56 Å². The van der Waals surface area contributed by atoms with Crippen molar-refractivity contribution in [3.8, 4) is 0 Å². The number of benzene rings is 1. The van der Waals surface area contributed by atoms with Crippen molar-refractivity contribution in [2.75, 3.05) is 0 Å². The zero-order valence-corrected chi connectivity index (χ0v) is 7.74. The van der Waals surface area contributed by atoms with Crippen LogP contribution in [0, 0.1) is 0 Å². The summed E-state index contributed by atoms with van der Waals surface area (Å²) in [5.74, 6) is 0. The minimum Gasteiger partial charge on any atom is -0.740 e. The van der Waals surface area contributed by atoms with Gasteiger partial charge >= 0.3 is 0 Å². The first-order valence-electron chi connectivity index (χ1n) is 3.95. The van der Waals surface area contributed by atoms with Gasteiger partial charge in [-0.15, -0.1) is 5.10 Å². The molecule has 0 spiro atoms. The van der Waals surface area contributed by atoms with Crippen LogP contribution in [-0.2, 0) is 19.2 Å². The lowest BCUT2D eigenvalue weighted by atomic mass is 10.2. The Bertz CT molecular complexity index is 383. The summed E-state index contributed by atoms with van der Waals surface area (Å²) in [5, 5.41) is 8.00. The van der Waals surface area contributed by atoms with Gasteiger partial charge in [-0.1, -0.05) is 30.3 Å². The Labute approximate surface area is 81.8 Å². The summed E-state index contributed by atoms with van der Waals surface area (Å²) >= 11 is 4.97. The highest BCUT2D eigenvalue weighted by molar-refractivity contribution is 7.58. The van der Waals surface area contributed by atoms with Crippen LogP contribution in [0.5, 0.6) is 0 Å². The summed E-state index contributed by atoms with van der Waals surface area (Å²) in [7, 11) is 0. The summed E-state index contributed by atoms with van der Waals surface area (Å²) < 4.78 is 1.84. The second-order valence-electron chi connectivity index (χ2n) is 2.73. The van der Waals surface area contributed by atoms with E-state index in [0.717, 1.165) is 6.54 Å². The average molecular weight is 190 g/mol. The second-order valence-corrected chi connectivity index (χ2v) is 3.09. The van der Waals surface area contributed by atoms with E-state index >= 15 is 0 Å². The molecule has 13 heavy (non-hydrogen) atoms. The van der Waals surface area contributed by atoms with Gasteiger partial charge in [0.2, 0.25) is 0 Å². The Morgan fingerprint density at radius 1 is 1.23 bits per heavy atom. The highest BCUT2D eigenvalue weighted by Crippen LogP contribution is 2.03. The van der Waals surface area contributed by atoms with Gasteiger partial charge in [0.05, 0.1) is 0 Å². The van der Waals surface area contributed by atoms with Crippen molar-refractivity contribution in [1.82, 2.24) is 14.8 Å². The molecule has 0 unspecified atom stereocenters. The maximum absolute atomic E-state index is 4.97. The van der Waals surface area contributed by atoms with E-state index in [-0.39, 0.29) is 0 Å². The summed E-state index contributed by atoms with van der Waals surface area (Å²) in [6.07, 6.45) is 1.65. The van der Waals surface area contributed by atoms with Crippen molar-refractivity contribution < 1.29 is 0 Å². The average Bonchev–Trinajstić information content (AvgIpc) is 2.54. The summed E-state index contributed by atoms with van der Waals surface area (Å²) in [6.45, 7) is 0.743. The minimum absolute atomic E-state index is 0.531. The quantitative estimate of drug-likeness (QED) is 0.667. The molecule has 2 rings (SSSR count). The van der Waals surface area contributed by atoms with Gasteiger partial charge in [-0.05, 0) is 5.56 Å². The predicted octanol–water partition coefficient (Wildman–Crippen LogP) is 1.23. The van der Waals surface area contributed by atoms with Gasteiger partial charge in [0, 0.05) is 11.7 Å². The van der Waals surface area contributed by atoms with Crippen LogP contribution in [0.3, 0.4) is 0 Å². The third-order valence-corrected chi connectivity index (χ3v) is 2.09. The molecule has 0 aliphatic rings. The maximum Gasteiger partial charge on any atom is 0.118 e. The SMILES string of the molecule is [S-]c1nncn1Cc1ccccc1. The monoisotopic (exact) mass is 190 g/mol. The van der Waals surface area contributed by atoms with E-state index in [4.69, 9.17) is 12.6 Å². The summed E-state index contributed by atoms with van der Waals surface area (Å²) in [5.41, 5.74) is 1.20. The fraction of sp³-hybridized carbons (Fsp3) is 0.111. The Hall–Kier alpha value is -1.42. The van der Waals surface area contributed by atoms with E-state index in [1.807, 2.05) is 22.8 Å². The lowest BCUT2D eigenvalue weighted by molar-refractivity contribution is 0.710. The number of hydrogen-bond donors (Lipinski definition) is 0. The van der Waals surface area contributed by atoms with Gasteiger partial charge in [0.15, 0.2) is 0 Å². The molecule has 0 radical (unpaired) electrons. The Kier molecular flexibility index (Phi) is 2.23. The van der Waals surface area contributed by atoms with Crippen molar-refractivity contribution in [2.45, 2.75) is 11.7 Å². The van der Waals surface area contributed by atoms with Gasteiger partial charge in [0.25, 0.3) is 0 Å². The lowest BCUT2D eigenvalue weighted by Crippen LogP contribution is -1.99.